The molecular formula is C24H38N6O8S. The van der Waals surface area contributed by atoms with Crippen molar-refractivity contribution in [3.63, 3.8) is 0 Å². The number of fused-ring (bicyclic) bond motifs is 2. The van der Waals surface area contributed by atoms with E-state index in [0.29, 0.717) is 35.0 Å². The SMILES string of the molecule is CCCSc1nc(N[C@@H]2C[C@H](OCCO)[C@@H](O)[C@H]2O)c2nnn([C@@H]3C[C@H](OCCO)[C@H]4OC(C)(C)O[C@H]43)c2n1. The number of aromatic nitrogens is 5. The summed E-state index contributed by atoms with van der Waals surface area (Å²) in [4.78, 5) is 9.46. The molecule has 5 N–H and O–H groups in total. The van der Waals surface area contributed by atoms with Crippen LogP contribution in [0.1, 0.15) is 46.1 Å². The third kappa shape index (κ3) is 5.87. The van der Waals surface area contributed by atoms with Crippen LogP contribution in [-0.2, 0) is 18.9 Å². The van der Waals surface area contributed by atoms with Crippen LogP contribution < -0.4 is 5.32 Å². The summed E-state index contributed by atoms with van der Waals surface area (Å²) in [6.45, 7) is 5.77. The molecule has 2 aromatic rings. The van der Waals surface area contributed by atoms with E-state index in [1.807, 2.05) is 13.8 Å². The summed E-state index contributed by atoms with van der Waals surface area (Å²) in [5, 5.41) is 52.2. The first-order valence-electron chi connectivity index (χ1n) is 13.4. The van der Waals surface area contributed by atoms with E-state index in [1.165, 1.54) is 11.8 Å². The molecule has 2 aromatic heterocycles. The zero-order valence-corrected chi connectivity index (χ0v) is 23.2. The topological polar surface area (TPSA) is 186 Å². The molecule has 39 heavy (non-hydrogen) atoms. The second kappa shape index (κ2) is 12.0. The Balaban J connectivity index is 1.46. The van der Waals surface area contributed by atoms with Crippen molar-refractivity contribution in [2.24, 2.45) is 0 Å². The lowest BCUT2D eigenvalue weighted by molar-refractivity contribution is -0.171. The van der Waals surface area contributed by atoms with E-state index >= 15 is 0 Å². The first-order valence-corrected chi connectivity index (χ1v) is 14.4. The van der Waals surface area contributed by atoms with Gasteiger partial charge in [-0.3, -0.25) is 0 Å². The number of hydrogen-bond acceptors (Lipinski definition) is 14. The standard InChI is InChI=1S/C24H38N6O8S/c1-4-9-39-23-26-21(25-12-10-14(35-7-5-31)18(34)17(12)33)16-22(27-23)30(29-28-16)13-11-15(36-8-6-32)20-19(13)37-24(2,3)38-20/h12-15,17-20,31-34H,4-11H2,1-3H3,(H,25,26,27)/t12-,13-,14+,15+,17+,18-,19+,20-/m1/s1. The van der Waals surface area contributed by atoms with Crippen LogP contribution in [0, 0.1) is 0 Å². The highest BCUT2D eigenvalue weighted by Crippen LogP contribution is 2.45. The van der Waals surface area contributed by atoms with E-state index in [9.17, 15) is 15.3 Å². The van der Waals surface area contributed by atoms with E-state index < -0.39 is 30.1 Å². The maximum Gasteiger partial charge on any atom is 0.191 e. The summed E-state index contributed by atoms with van der Waals surface area (Å²) in [6.07, 6.45) is -2.05. The molecule has 218 valence electrons. The van der Waals surface area contributed by atoms with Gasteiger partial charge in [0.05, 0.1) is 50.7 Å². The van der Waals surface area contributed by atoms with Gasteiger partial charge in [0.2, 0.25) is 0 Å². The monoisotopic (exact) mass is 570 g/mol. The van der Waals surface area contributed by atoms with Gasteiger partial charge in [0.25, 0.3) is 0 Å². The second-order valence-corrected chi connectivity index (χ2v) is 11.6. The molecule has 0 spiro atoms. The molecule has 15 heteroatoms. The van der Waals surface area contributed by atoms with Crippen LogP contribution in [0.5, 0.6) is 0 Å². The van der Waals surface area contributed by atoms with Crippen molar-refractivity contribution in [3.8, 4) is 0 Å². The van der Waals surface area contributed by atoms with Crippen molar-refractivity contribution in [3.05, 3.63) is 0 Å². The summed E-state index contributed by atoms with van der Waals surface area (Å²) in [6, 6.07) is -0.845. The first kappa shape index (κ1) is 28.8. The molecular weight excluding hydrogens is 532 g/mol. The van der Waals surface area contributed by atoms with E-state index in [1.54, 1.807) is 4.68 Å². The number of thioether (sulfide) groups is 1. The molecule has 0 amide bonds. The summed E-state index contributed by atoms with van der Waals surface area (Å²) in [7, 11) is 0. The van der Waals surface area contributed by atoms with E-state index in [2.05, 4.69) is 27.5 Å². The average molecular weight is 571 g/mol. The third-order valence-corrected chi connectivity index (χ3v) is 8.29. The maximum absolute atomic E-state index is 10.7. The van der Waals surface area contributed by atoms with Gasteiger partial charge in [0.1, 0.15) is 24.4 Å². The van der Waals surface area contributed by atoms with Crippen LogP contribution in [-0.4, -0.2) is 126 Å². The minimum absolute atomic E-state index is 0.0696. The molecule has 3 fully saturated rings. The molecule has 5 rings (SSSR count). The van der Waals surface area contributed by atoms with Crippen LogP contribution in [0.2, 0.25) is 0 Å². The Kier molecular flexibility index (Phi) is 8.90. The number of nitrogens with one attached hydrogen (secondary N) is 1. The van der Waals surface area contributed by atoms with Gasteiger partial charge in [0, 0.05) is 12.2 Å². The Bertz CT molecular complexity index is 1120. The normalized spacial score (nSPS) is 33.7. The maximum atomic E-state index is 10.7. The minimum atomic E-state index is -1.11. The van der Waals surface area contributed by atoms with Gasteiger partial charge in [-0.1, -0.05) is 23.9 Å². The van der Waals surface area contributed by atoms with Gasteiger partial charge in [-0.15, -0.1) is 5.10 Å². The molecule has 3 aliphatic rings. The number of nitrogens with zero attached hydrogens (tertiary/aromatic N) is 5. The Morgan fingerprint density at radius 3 is 2.46 bits per heavy atom. The van der Waals surface area contributed by atoms with Crippen molar-refractivity contribution < 1.29 is 39.4 Å². The summed E-state index contributed by atoms with van der Waals surface area (Å²) >= 11 is 1.50. The molecule has 1 aliphatic heterocycles. The number of aliphatic hydroxyl groups is 4. The van der Waals surface area contributed by atoms with E-state index in [-0.39, 0.29) is 50.8 Å². The fourth-order valence-electron chi connectivity index (χ4n) is 5.58. The molecule has 2 saturated carbocycles. The van der Waals surface area contributed by atoms with Gasteiger partial charge in [-0.2, -0.15) is 0 Å². The fraction of sp³-hybridized carbons (Fsp3) is 0.833. The van der Waals surface area contributed by atoms with Crippen molar-refractivity contribution in [1.82, 2.24) is 25.0 Å². The highest BCUT2D eigenvalue weighted by molar-refractivity contribution is 7.99. The van der Waals surface area contributed by atoms with Gasteiger partial charge in [0.15, 0.2) is 27.9 Å². The lowest BCUT2D eigenvalue weighted by Gasteiger charge is -2.23. The van der Waals surface area contributed by atoms with E-state index in [0.717, 1.165) is 12.2 Å². The number of rotatable bonds is 12. The van der Waals surface area contributed by atoms with Crippen LogP contribution >= 0.6 is 11.8 Å². The lowest BCUT2D eigenvalue weighted by atomic mass is 10.2. The quantitative estimate of drug-likeness (QED) is 0.167. The molecule has 0 unspecified atom stereocenters. The molecule has 2 aliphatic carbocycles. The molecule has 8 atom stereocenters. The average Bonchev–Trinajstić information content (AvgIpc) is 3.63. The van der Waals surface area contributed by atoms with Crippen LogP contribution in [0.25, 0.3) is 11.2 Å². The number of anilines is 1. The third-order valence-electron chi connectivity index (χ3n) is 7.23. The number of ether oxygens (including phenoxy) is 4. The van der Waals surface area contributed by atoms with Crippen molar-refractivity contribution in [1.29, 1.82) is 0 Å². The van der Waals surface area contributed by atoms with E-state index in [4.69, 9.17) is 29.0 Å². The number of aliphatic hydroxyl groups excluding tert-OH is 4. The smallest absolute Gasteiger partial charge is 0.191 e. The molecule has 3 heterocycles. The summed E-state index contributed by atoms with van der Waals surface area (Å²) < 4.78 is 25.6. The Labute approximate surface area is 230 Å². The summed E-state index contributed by atoms with van der Waals surface area (Å²) in [5.74, 6) is 0.406. The number of hydrogen-bond donors (Lipinski definition) is 5. The highest BCUT2D eigenvalue weighted by Gasteiger charge is 2.56. The largest absolute Gasteiger partial charge is 0.394 e. The van der Waals surface area contributed by atoms with Gasteiger partial charge < -0.3 is 44.7 Å². The molecule has 14 nitrogen and oxygen atoms in total. The predicted molar refractivity (Wildman–Crippen MR) is 139 cm³/mol. The Morgan fingerprint density at radius 1 is 1.03 bits per heavy atom. The fourth-order valence-corrected chi connectivity index (χ4v) is 6.28. The van der Waals surface area contributed by atoms with Gasteiger partial charge in [-0.25, -0.2) is 14.6 Å². The first-order chi connectivity index (χ1) is 18.8. The Morgan fingerprint density at radius 2 is 1.74 bits per heavy atom. The van der Waals surface area contributed by atoms with Crippen molar-refractivity contribution >= 4 is 28.7 Å². The second-order valence-electron chi connectivity index (χ2n) is 10.5. The zero-order chi connectivity index (χ0) is 27.7. The lowest BCUT2D eigenvalue weighted by Crippen LogP contribution is -2.36. The Hall–Kier alpha value is -1.69. The van der Waals surface area contributed by atoms with Crippen LogP contribution in [0.4, 0.5) is 5.82 Å². The van der Waals surface area contributed by atoms with Gasteiger partial charge in [-0.05, 0) is 26.7 Å². The predicted octanol–water partition coefficient (Wildman–Crippen LogP) is -0.151. The zero-order valence-electron chi connectivity index (χ0n) is 22.3. The van der Waals surface area contributed by atoms with Crippen LogP contribution in [0.15, 0.2) is 5.16 Å². The molecule has 0 bridgehead atoms. The highest BCUT2D eigenvalue weighted by atomic mass is 32.2. The minimum Gasteiger partial charge on any atom is -0.394 e. The van der Waals surface area contributed by atoms with Crippen molar-refractivity contribution in [2.45, 2.75) is 99.7 Å². The molecule has 0 radical (unpaired) electrons. The summed E-state index contributed by atoms with van der Waals surface area (Å²) in [5.41, 5.74) is 0.929. The molecule has 1 saturated heterocycles. The molecule has 0 aromatic carbocycles. The van der Waals surface area contributed by atoms with Crippen molar-refractivity contribution in [2.75, 3.05) is 37.5 Å². The van der Waals surface area contributed by atoms with Crippen LogP contribution in [0.3, 0.4) is 0 Å². The van der Waals surface area contributed by atoms with Gasteiger partial charge >= 0.3 is 0 Å².